The number of hydrogen-bond donors (Lipinski definition) is 2. The summed E-state index contributed by atoms with van der Waals surface area (Å²) in [4.78, 5) is 15.0. The van der Waals surface area contributed by atoms with Gasteiger partial charge < -0.3 is 5.11 Å². The monoisotopic (exact) mass is 346 g/mol. The number of rotatable bonds is 5. The fraction of sp³-hybridized carbons (Fsp3) is 0.167. The molecule has 21 heavy (non-hydrogen) atoms. The summed E-state index contributed by atoms with van der Waals surface area (Å²) in [6.45, 7) is 1.58. The van der Waals surface area contributed by atoms with Crippen molar-refractivity contribution in [1.82, 2.24) is 4.98 Å². The summed E-state index contributed by atoms with van der Waals surface area (Å²) in [6.07, 6.45) is 0. The van der Waals surface area contributed by atoms with Crippen molar-refractivity contribution in [3.8, 4) is 0 Å². The number of hydrogen-bond acceptors (Lipinski definition) is 5. The van der Waals surface area contributed by atoms with Crippen LogP contribution in [0.15, 0.2) is 24.3 Å². The molecule has 1 N–H and O–H groups in total. The Bertz CT molecular complexity index is 749. The van der Waals surface area contributed by atoms with E-state index in [1.807, 2.05) is 0 Å². The maximum Gasteiger partial charge on any atom is 0.357 e. The number of carboxylic acids is 1. The molecule has 0 amide bonds. The quantitative estimate of drug-likeness (QED) is 0.811. The van der Waals surface area contributed by atoms with Gasteiger partial charge in [-0.15, -0.1) is 0 Å². The van der Waals surface area contributed by atoms with E-state index < -0.39 is 16.9 Å². The number of thiol groups is 1. The van der Waals surface area contributed by atoms with Crippen LogP contribution in [0.3, 0.4) is 0 Å². The normalized spacial score (nSPS) is 10.8. The van der Waals surface area contributed by atoms with Gasteiger partial charge >= 0.3 is 5.97 Å². The molecule has 2 rings (SSSR count). The molecule has 0 aliphatic carbocycles. The topological polar surface area (TPSA) is 87.6 Å². The first-order chi connectivity index (χ1) is 9.90. The van der Waals surface area contributed by atoms with Crippen LogP contribution in [0.25, 0.3) is 0 Å². The predicted octanol–water partition coefficient (Wildman–Crippen LogP) is 2.34. The highest BCUT2D eigenvalue weighted by Gasteiger charge is 2.23. The number of nitrogens with zero attached hydrogens (tertiary/aromatic N) is 2. The van der Waals surface area contributed by atoms with E-state index in [1.54, 1.807) is 31.2 Å². The largest absolute Gasteiger partial charge is 0.476 e. The van der Waals surface area contributed by atoms with Gasteiger partial charge in [0.25, 0.3) is 0 Å². The average molecular weight is 347 g/mol. The Balaban J connectivity index is 2.46. The van der Waals surface area contributed by atoms with E-state index in [1.165, 1.54) is 0 Å². The first-order valence-corrected chi connectivity index (χ1v) is 8.08. The van der Waals surface area contributed by atoms with Crippen molar-refractivity contribution in [2.75, 3.05) is 4.31 Å². The highest BCUT2D eigenvalue weighted by Crippen LogP contribution is 2.31. The molecule has 0 saturated carbocycles. The molecule has 0 aliphatic rings. The molecule has 9 heteroatoms. The molecule has 0 spiro atoms. The molecular weight excluding hydrogens is 336 g/mol. The van der Waals surface area contributed by atoms with Crippen LogP contribution in [0.2, 0.25) is 5.02 Å². The maximum absolute atomic E-state index is 11.5. The van der Waals surface area contributed by atoms with Gasteiger partial charge in [-0.25, -0.2) is 18.2 Å². The third-order valence-corrected chi connectivity index (χ3v) is 4.86. The number of carbonyl (C=O) groups is 1. The summed E-state index contributed by atoms with van der Waals surface area (Å²) >= 11 is 7.03. The van der Waals surface area contributed by atoms with Crippen LogP contribution in [0.4, 0.5) is 5.00 Å². The number of halogens is 1. The second kappa shape index (κ2) is 6.42. The molecule has 0 radical (unpaired) electrons. The maximum atomic E-state index is 11.5. The van der Waals surface area contributed by atoms with E-state index in [-0.39, 0.29) is 17.2 Å². The zero-order valence-electron chi connectivity index (χ0n) is 10.8. The molecule has 6 nitrogen and oxygen atoms in total. The number of aromatic nitrogens is 1. The molecule has 0 bridgehead atoms. The minimum absolute atomic E-state index is 0.0414. The van der Waals surface area contributed by atoms with Crippen molar-refractivity contribution in [2.24, 2.45) is 0 Å². The average Bonchev–Trinajstić information content (AvgIpc) is 2.79. The van der Waals surface area contributed by atoms with E-state index in [2.05, 4.69) is 4.98 Å². The Morgan fingerprint density at radius 2 is 2.10 bits per heavy atom. The lowest BCUT2D eigenvalue weighted by atomic mass is 10.2. The van der Waals surface area contributed by atoms with E-state index in [9.17, 15) is 13.2 Å². The zero-order valence-corrected chi connectivity index (χ0v) is 13.3. The Labute approximate surface area is 131 Å². The van der Waals surface area contributed by atoms with E-state index >= 15 is 0 Å². The molecule has 0 saturated heterocycles. The second-order valence-electron chi connectivity index (χ2n) is 4.08. The number of aryl methyl sites for hydroxylation is 1. The van der Waals surface area contributed by atoms with Crippen LogP contribution in [0.5, 0.6) is 0 Å². The highest BCUT2D eigenvalue weighted by molar-refractivity contribution is 7.74. The third-order valence-electron chi connectivity index (χ3n) is 2.63. The van der Waals surface area contributed by atoms with Crippen molar-refractivity contribution in [3.63, 3.8) is 0 Å². The van der Waals surface area contributed by atoms with Gasteiger partial charge in [-0.2, -0.15) is 0 Å². The number of anilines is 1. The first kappa shape index (κ1) is 15.7. The van der Waals surface area contributed by atoms with Crippen molar-refractivity contribution < 1.29 is 18.3 Å². The van der Waals surface area contributed by atoms with Gasteiger partial charge in [0, 0.05) is 5.02 Å². The Morgan fingerprint density at radius 3 is 2.67 bits per heavy atom. The summed E-state index contributed by atoms with van der Waals surface area (Å²) in [5, 5.41) is 10.1. The highest BCUT2D eigenvalue weighted by atomic mass is 35.5. The lowest BCUT2D eigenvalue weighted by molar-refractivity contribution is 0.0692. The van der Waals surface area contributed by atoms with E-state index in [4.69, 9.17) is 16.7 Å². The standard InChI is InChI=1S/C12H11ClN2O4S2/c1-7-14-10(12(16)17)11(20-7)15(21(18)19)6-8-4-2-3-5-9(8)13/h2-5,21H,6H2,1H3,(H,16,17). The Hall–Kier alpha value is -1.64. The molecular formula is C12H11ClN2O4S2. The minimum atomic E-state index is -3.02. The number of benzene rings is 1. The Morgan fingerprint density at radius 1 is 1.43 bits per heavy atom. The summed E-state index contributed by atoms with van der Waals surface area (Å²) in [6, 6.07) is 6.78. The van der Waals surface area contributed by atoms with Gasteiger partial charge in [0.15, 0.2) is 5.69 Å². The number of thiazole rings is 1. The van der Waals surface area contributed by atoms with Crippen LogP contribution in [-0.4, -0.2) is 24.5 Å². The molecule has 0 fully saturated rings. The van der Waals surface area contributed by atoms with Crippen molar-refractivity contribution >= 4 is 44.8 Å². The summed E-state index contributed by atoms with van der Waals surface area (Å²) in [5.41, 5.74) is 0.310. The van der Waals surface area contributed by atoms with E-state index in [0.29, 0.717) is 15.6 Å². The lowest BCUT2D eigenvalue weighted by Gasteiger charge is -2.16. The van der Waals surface area contributed by atoms with Crippen LogP contribution in [0.1, 0.15) is 21.1 Å². The summed E-state index contributed by atoms with van der Waals surface area (Å²) < 4.78 is 24.0. The molecule has 0 aliphatic heterocycles. The van der Waals surface area contributed by atoms with Crippen molar-refractivity contribution in [3.05, 3.63) is 45.6 Å². The molecule has 1 aromatic carbocycles. The van der Waals surface area contributed by atoms with Gasteiger partial charge in [0.1, 0.15) is 5.00 Å². The molecule has 2 aromatic rings. The third kappa shape index (κ3) is 3.52. The van der Waals surface area contributed by atoms with Crippen LogP contribution < -0.4 is 4.31 Å². The zero-order chi connectivity index (χ0) is 15.6. The van der Waals surface area contributed by atoms with Crippen LogP contribution in [-0.2, 0) is 17.4 Å². The Kier molecular flexibility index (Phi) is 4.81. The fourth-order valence-electron chi connectivity index (χ4n) is 1.72. The smallest absolute Gasteiger partial charge is 0.357 e. The van der Waals surface area contributed by atoms with Crippen molar-refractivity contribution in [2.45, 2.75) is 13.5 Å². The van der Waals surface area contributed by atoms with Crippen LogP contribution in [0, 0.1) is 6.92 Å². The SMILES string of the molecule is Cc1nc(C(=O)O)c(N(Cc2ccccc2Cl)[SH](=O)=O)s1. The molecule has 1 heterocycles. The molecule has 1 aromatic heterocycles. The number of carboxylic acid groups (broad SMARTS) is 1. The van der Waals surface area contributed by atoms with Gasteiger partial charge in [-0.05, 0) is 18.6 Å². The molecule has 0 unspecified atom stereocenters. The fourth-order valence-corrected chi connectivity index (χ4v) is 3.57. The molecule has 112 valence electrons. The van der Waals surface area contributed by atoms with Crippen molar-refractivity contribution in [1.29, 1.82) is 0 Å². The number of aromatic carboxylic acids is 1. The van der Waals surface area contributed by atoms with Gasteiger partial charge in [0.05, 0.1) is 11.6 Å². The predicted molar refractivity (Wildman–Crippen MR) is 81.8 cm³/mol. The van der Waals surface area contributed by atoms with Gasteiger partial charge in [-0.1, -0.05) is 41.1 Å². The first-order valence-electron chi connectivity index (χ1n) is 5.76. The van der Waals surface area contributed by atoms with E-state index in [0.717, 1.165) is 15.6 Å². The summed E-state index contributed by atoms with van der Waals surface area (Å²) in [5.74, 6) is -1.27. The minimum Gasteiger partial charge on any atom is -0.476 e. The lowest BCUT2D eigenvalue weighted by Crippen LogP contribution is -2.22. The van der Waals surface area contributed by atoms with Gasteiger partial charge in [0.2, 0.25) is 10.9 Å². The van der Waals surface area contributed by atoms with Gasteiger partial charge in [-0.3, -0.25) is 4.31 Å². The second-order valence-corrected chi connectivity index (χ2v) is 6.63. The summed E-state index contributed by atoms with van der Waals surface area (Å²) in [7, 11) is -3.02. The molecule has 0 atom stereocenters. The van der Waals surface area contributed by atoms with Crippen LogP contribution >= 0.6 is 22.9 Å².